The van der Waals surface area contributed by atoms with Crippen LogP contribution in [0.3, 0.4) is 0 Å². The fourth-order valence-electron chi connectivity index (χ4n) is 7.23. The van der Waals surface area contributed by atoms with E-state index in [1.54, 1.807) is 29.7 Å². The van der Waals surface area contributed by atoms with E-state index in [0.29, 0.717) is 52.1 Å². The first-order chi connectivity index (χ1) is 23.4. The summed E-state index contributed by atoms with van der Waals surface area (Å²) in [7, 11) is 0. The number of hydrogen-bond acceptors (Lipinski definition) is 7. The highest BCUT2D eigenvalue weighted by molar-refractivity contribution is 5.91. The molecule has 5 rings (SSSR count). The molecular weight excluding hydrogens is 604 g/mol. The molecule has 0 amide bonds. The lowest BCUT2D eigenvalue weighted by Gasteiger charge is -2.31. The average molecular weight is 659 g/mol. The fourth-order valence-corrected chi connectivity index (χ4v) is 7.23. The van der Waals surface area contributed by atoms with Crippen LogP contribution in [0.5, 0.6) is 5.75 Å². The van der Waals surface area contributed by atoms with Crippen molar-refractivity contribution in [3.05, 3.63) is 57.4 Å². The summed E-state index contributed by atoms with van der Waals surface area (Å²) in [4.78, 5) is 43.5. The highest BCUT2D eigenvalue weighted by Crippen LogP contribution is 2.39. The lowest BCUT2D eigenvalue weighted by molar-refractivity contribution is -0.172. The Morgan fingerprint density at radius 3 is 2.08 bits per heavy atom. The van der Waals surface area contributed by atoms with Crippen LogP contribution in [0.2, 0.25) is 0 Å². The molecule has 0 radical (unpaired) electrons. The van der Waals surface area contributed by atoms with E-state index in [1.807, 2.05) is 12.1 Å². The van der Waals surface area contributed by atoms with Crippen LogP contribution in [0, 0.1) is 0 Å². The van der Waals surface area contributed by atoms with Gasteiger partial charge in [0.1, 0.15) is 12.4 Å². The number of nitrogens with zero attached hydrogens (tertiary/aromatic N) is 2. The largest absolute Gasteiger partial charge is 0.458 e. The van der Waals surface area contributed by atoms with Crippen molar-refractivity contribution in [3.8, 4) is 17.1 Å². The Morgan fingerprint density at radius 2 is 1.48 bits per heavy atom. The van der Waals surface area contributed by atoms with Gasteiger partial charge in [-0.3, -0.25) is 9.59 Å². The van der Waals surface area contributed by atoms with Crippen LogP contribution in [-0.2, 0) is 33.1 Å². The number of aromatic nitrogens is 2. The van der Waals surface area contributed by atoms with Crippen LogP contribution in [0.4, 0.5) is 0 Å². The molecule has 0 spiro atoms. The molecule has 1 aromatic carbocycles. The molecule has 1 N–H and O–H groups in total. The molecule has 0 aliphatic carbocycles. The molecule has 0 fully saturated rings. The number of carbonyl (C=O) groups is 2. The number of benzene rings is 1. The molecule has 0 unspecified atom stereocenters. The molecule has 0 saturated carbocycles. The van der Waals surface area contributed by atoms with Crippen LogP contribution >= 0.6 is 0 Å². The Balaban J connectivity index is 1.05. The lowest BCUT2D eigenvalue weighted by Crippen LogP contribution is -2.44. The summed E-state index contributed by atoms with van der Waals surface area (Å²) in [6, 6.07) is 9.06. The van der Waals surface area contributed by atoms with Crippen molar-refractivity contribution < 1.29 is 24.2 Å². The maximum atomic E-state index is 13.4. The highest BCUT2D eigenvalue weighted by Gasteiger charge is 2.45. The molecule has 0 saturated heterocycles. The quantitative estimate of drug-likeness (QED) is 0.0573. The zero-order valence-corrected chi connectivity index (χ0v) is 29.1. The summed E-state index contributed by atoms with van der Waals surface area (Å²) in [5.41, 5.74) is 1.04. The van der Waals surface area contributed by atoms with Gasteiger partial charge in [0.15, 0.2) is 5.60 Å². The Bertz CT molecular complexity index is 1630. The van der Waals surface area contributed by atoms with Crippen LogP contribution < -0.4 is 10.3 Å². The van der Waals surface area contributed by atoms with E-state index >= 15 is 0 Å². The molecule has 4 heterocycles. The van der Waals surface area contributed by atoms with Crippen molar-refractivity contribution in [2.45, 2.75) is 155 Å². The smallest absolute Gasteiger partial charge is 0.343 e. The van der Waals surface area contributed by atoms with E-state index in [2.05, 4.69) is 6.92 Å². The zero-order valence-electron chi connectivity index (χ0n) is 29.1. The van der Waals surface area contributed by atoms with Crippen LogP contribution in [0.1, 0.15) is 153 Å². The number of carbonyl (C=O) groups excluding carboxylic acids is 2. The van der Waals surface area contributed by atoms with E-state index in [0.717, 1.165) is 24.8 Å². The number of cyclic esters (lactones) is 1. The van der Waals surface area contributed by atoms with Gasteiger partial charge in [-0.2, -0.15) is 0 Å². The number of fused-ring (bicyclic) bond motifs is 5. The number of hydrogen-bond donors (Lipinski definition) is 1. The van der Waals surface area contributed by atoms with Crippen molar-refractivity contribution in [2.24, 2.45) is 0 Å². The molecule has 0 bridgehead atoms. The molecule has 48 heavy (non-hydrogen) atoms. The summed E-state index contributed by atoms with van der Waals surface area (Å²) < 4.78 is 12.6. The van der Waals surface area contributed by atoms with Gasteiger partial charge in [-0.05, 0) is 37.1 Å². The SMILES string of the molecule is CCCCCCCCCCCCCCCCCCCC(=O)Oc1cccc2nc3c(cc12)Cn1c-3cc2c(c1=O)COC(=O)[C@]2(O)CC. The zero-order chi connectivity index (χ0) is 33.9. The Labute approximate surface area is 285 Å². The van der Waals surface area contributed by atoms with Crippen molar-refractivity contribution >= 4 is 22.8 Å². The third kappa shape index (κ3) is 8.36. The van der Waals surface area contributed by atoms with E-state index in [9.17, 15) is 19.5 Å². The Hall–Kier alpha value is -3.52. The number of unbranched alkanes of at least 4 members (excludes halogenated alkanes) is 16. The minimum atomic E-state index is -1.87. The average Bonchev–Trinajstić information content (AvgIpc) is 3.45. The lowest BCUT2D eigenvalue weighted by atomic mass is 9.86. The van der Waals surface area contributed by atoms with Crippen LogP contribution in [-0.4, -0.2) is 26.6 Å². The van der Waals surface area contributed by atoms with Gasteiger partial charge in [-0.25, -0.2) is 9.78 Å². The number of esters is 2. The molecule has 8 heteroatoms. The first-order valence-corrected chi connectivity index (χ1v) is 18.7. The van der Waals surface area contributed by atoms with Gasteiger partial charge in [0.05, 0.1) is 29.0 Å². The molecular formula is C40H54N2O6. The van der Waals surface area contributed by atoms with Crippen LogP contribution in [0.15, 0.2) is 35.1 Å². The second-order valence-corrected chi connectivity index (χ2v) is 13.8. The van der Waals surface area contributed by atoms with E-state index in [1.165, 1.54) is 89.9 Å². The third-order valence-corrected chi connectivity index (χ3v) is 10.2. The number of pyridine rings is 2. The van der Waals surface area contributed by atoms with Crippen molar-refractivity contribution in [2.75, 3.05) is 0 Å². The number of rotatable bonds is 20. The maximum absolute atomic E-state index is 13.4. The van der Waals surface area contributed by atoms with Crippen molar-refractivity contribution in [1.29, 1.82) is 0 Å². The predicted octanol–water partition coefficient (Wildman–Crippen LogP) is 9.03. The first-order valence-electron chi connectivity index (χ1n) is 18.7. The molecule has 1 atom stereocenters. The molecule has 2 aromatic heterocycles. The van der Waals surface area contributed by atoms with E-state index in [4.69, 9.17) is 14.5 Å². The second-order valence-electron chi connectivity index (χ2n) is 13.8. The number of aliphatic hydroxyl groups is 1. The summed E-state index contributed by atoms with van der Waals surface area (Å²) in [6.45, 7) is 4.08. The number of ether oxygens (including phenoxy) is 2. The standard InChI is InChI=1S/C40H54N2O6/c1-3-5-6-7-8-9-10-11-12-13-14-15-16-17-18-19-20-24-36(43)48-35-23-21-22-33-30(35)25-29-27-42-34(37(29)41-33)26-32-31(38(42)44)28-47-39(45)40(32,46)4-2/h21-23,25-26,46H,3-20,24,27-28H2,1-2H3/t40-/m0/s1. The first kappa shape index (κ1) is 35.8. The molecule has 8 nitrogen and oxygen atoms in total. The summed E-state index contributed by atoms with van der Waals surface area (Å²) >= 11 is 0. The van der Waals surface area contributed by atoms with Gasteiger partial charge in [0, 0.05) is 22.9 Å². The summed E-state index contributed by atoms with van der Waals surface area (Å²) in [5.74, 6) is -0.533. The molecule has 2 aliphatic rings. The van der Waals surface area contributed by atoms with Crippen molar-refractivity contribution in [3.63, 3.8) is 0 Å². The summed E-state index contributed by atoms with van der Waals surface area (Å²) in [5, 5.41) is 11.8. The molecule has 3 aromatic rings. The van der Waals surface area contributed by atoms with Gasteiger partial charge in [-0.15, -0.1) is 0 Å². The predicted molar refractivity (Wildman–Crippen MR) is 189 cm³/mol. The van der Waals surface area contributed by atoms with Gasteiger partial charge in [0.2, 0.25) is 0 Å². The van der Waals surface area contributed by atoms with Crippen LogP contribution in [0.25, 0.3) is 22.3 Å². The Kier molecular flexibility index (Phi) is 12.8. The Morgan fingerprint density at radius 1 is 0.875 bits per heavy atom. The fraction of sp³-hybridized carbons (Fsp3) is 0.600. The molecule has 2 aliphatic heterocycles. The van der Waals surface area contributed by atoms with Gasteiger partial charge in [0.25, 0.3) is 5.56 Å². The van der Waals surface area contributed by atoms with Gasteiger partial charge >= 0.3 is 11.9 Å². The van der Waals surface area contributed by atoms with Gasteiger partial charge < -0.3 is 19.1 Å². The normalized spacial score (nSPS) is 16.4. The third-order valence-electron chi connectivity index (χ3n) is 10.2. The van der Waals surface area contributed by atoms with E-state index < -0.39 is 11.6 Å². The minimum absolute atomic E-state index is 0.0912. The minimum Gasteiger partial charge on any atom is -0.458 e. The van der Waals surface area contributed by atoms with Gasteiger partial charge in [-0.1, -0.05) is 123 Å². The maximum Gasteiger partial charge on any atom is 0.343 e. The monoisotopic (exact) mass is 658 g/mol. The summed E-state index contributed by atoms with van der Waals surface area (Å²) in [6.07, 6.45) is 22.5. The molecule has 260 valence electrons. The van der Waals surface area contributed by atoms with Crippen molar-refractivity contribution in [1.82, 2.24) is 9.55 Å². The second kappa shape index (κ2) is 17.2. The van der Waals surface area contributed by atoms with E-state index in [-0.39, 0.29) is 24.6 Å². The topological polar surface area (TPSA) is 108 Å². The highest BCUT2D eigenvalue weighted by atomic mass is 16.6.